The number of nitrogens with two attached hydrogens (primary N) is 1. The molecular formula is C11H14N2O2. The monoisotopic (exact) mass is 206 g/mol. The summed E-state index contributed by atoms with van der Waals surface area (Å²) in [5, 5.41) is 16.6. The molecule has 0 amide bonds. The highest BCUT2D eigenvalue weighted by molar-refractivity contribution is 6.07. The molecule has 0 bridgehead atoms. The first kappa shape index (κ1) is 11.1. The van der Waals surface area contributed by atoms with Crippen LogP contribution in [0.25, 0.3) is 0 Å². The van der Waals surface area contributed by atoms with Gasteiger partial charge in [0.1, 0.15) is 5.75 Å². The highest BCUT2D eigenvalue weighted by atomic mass is 16.5. The van der Waals surface area contributed by atoms with Crippen molar-refractivity contribution in [2.45, 2.75) is 6.92 Å². The van der Waals surface area contributed by atoms with Crippen LogP contribution in [0.15, 0.2) is 30.2 Å². The van der Waals surface area contributed by atoms with Crippen LogP contribution in [-0.2, 0) is 0 Å². The maximum Gasteiger partial charge on any atom is 0.183 e. The third-order valence-electron chi connectivity index (χ3n) is 2.03. The summed E-state index contributed by atoms with van der Waals surface area (Å²) in [6.07, 6.45) is 1.20. The van der Waals surface area contributed by atoms with E-state index in [1.54, 1.807) is 13.2 Å². The molecule has 0 heterocycles. The molecule has 0 radical (unpaired) electrons. The summed E-state index contributed by atoms with van der Waals surface area (Å²) in [5.74, 6) is 0.299. The number of methoxy groups -OCH3 is 1. The Bertz CT molecular complexity index is 407. The van der Waals surface area contributed by atoms with Crippen molar-refractivity contribution >= 4 is 5.71 Å². The van der Waals surface area contributed by atoms with Gasteiger partial charge in [-0.05, 0) is 24.6 Å². The van der Waals surface area contributed by atoms with E-state index in [9.17, 15) is 0 Å². The average Bonchev–Trinajstić information content (AvgIpc) is 2.17. The van der Waals surface area contributed by atoms with Crippen LogP contribution < -0.4 is 10.5 Å². The number of aliphatic hydroxyl groups is 1. The van der Waals surface area contributed by atoms with E-state index in [2.05, 4.69) is 0 Å². The first-order valence-electron chi connectivity index (χ1n) is 4.44. The molecule has 4 nitrogen and oxygen atoms in total. The van der Waals surface area contributed by atoms with Crippen molar-refractivity contribution < 1.29 is 9.84 Å². The molecular weight excluding hydrogens is 192 g/mol. The molecule has 4 N–H and O–H groups in total. The molecule has 80 valence electrons. The van der Waals surface area contributed by atoms with Crippen molar-refractivity contribution in [3.8, 4) is 5.75 Å². The Morgan fingerprint density at radius 3 is 2.73 bits per heavy atom. The third-order valence-corrected chi connectivity index (χ3v) is 2.03. The van der Waals surface area contributed by atoms with Gasteiger partial charge in [-0.3, -0.25) is 0 Å². The van der Waals surface area contributed by atoms with E-state index in [4.69, 9.17) is 21.0 Å². The smallest absolute Gasteiger partial charge is 0.183 e. The summed E-state index contributed by atoms with van der Waals surface area (Å²) in [6.45, 7) is 1.88. The van der Waals surface area contributed by atoms with Crippen LogP contribution in [-0.4, -0.2) is 17.9 Å². The molecule has 0 fully saturated rings. The lowest BCUT2D eigenvalue weighted by Gasteiger charge is -2.07. The van der Waals surface area contributed by atoms with Gasteiger partial charge in [0.2, 0.25) is 0 Å². The molecule has 1 aromatic rings. The fourth-order valence-corrected chi connectivity index (χ4v) is 1.24. The lowest BCUT2D eigenvalue weighted by molar-refractivity contribution is 0.406. The minimum atomic E-state index is -0.373. The largest absolute Gasteiger partial charge is 0.497 e. The van der Waals surface area contributed by atoms with Crippen molar-refractivity contribution in [1.29, 1.82) is 5.41 Å². The molecule has 0 aliphatic carbocycles. The van der Waals surface area contributed by atoms with Crippen molar-refractivity contribution in [2.24, 2.45) is 5.73 Å². The van der Waals surface area contributed by atoms with Gasteiger partial charge < -0.3 is 21.0 Å². The molecule has 1 aromatic carbocycles. The molecule has 0 saturated carbocycles. The van der Waals surface area contributed by atoms with Crippen LogP contribution in [0.5, 0.6) is 5.75 Å². The van der Waals surface area contributed by atoms with Gasteiger partial charge >= 0.3 is 0 Å². The highest BCUT2D eigenvalue weighted by Gasteiger charge is 2.05. The Morgan fingerprint density at radius 2 is 2.20 bits per heavy atom. The summed E-state index contributed by atoms with van der Waals surface area (Å²) in [4.78, 5) is 0. The number of aliphatic hydroxyl groups excluding tert-OH is 1. The zero-order chi connectivity index (χ0) is 11.4. The maximum atomic E-state index is 8.87. The number of ether oxygens (including phenoxy) is 1. The van der Waals surface area contributed by atoms with Crippen molar-refractivity contribution in [3.05, 3.63) is 41.3 Å². The van der Waals surface area contributed by atoms with Crippen molar-refractivity contribution in [3.63, 3.8) is 0 Å². The predicted octanol–water partition coefficient (Wildman–Crippen LogP) is 1.73. The number of nitrogens with one attached hydrogen (secondary N) is 1. The van der Waals surface area contributed by atoms with Gasteiger partial charge in [0, 0.05) is 11.6 Å². The molecule has 15 heavy (non-hydrogen) atoms. The minimum Gasteiger partial charge on any atom is -0.497 e. The zero-order valence-corrected chi connectivity index (χ0v) is 8.74. The molecule has 0 unspecified atom stereocenters. The lowest BCUT2D eigenvalue weighted by atomic mass is 10.0. The van der Waals surface area contributed by atoms with Gasteiger partial charge in [-0.15, -0.1) is 0 Å². The Labute approximate surface area is 88.5 Å². The fraction of sp³-hybridized carbons (Fsp3) is 0.182. The number of aryl methyl sites for hydroxylation is 1. The number of hydrogen-bond acceptors (Lipinski definition) is 4. The lowest BCUT2D eigenvalue weighted by Crippen LogP contribution is -2.04. The van der Waals surface area contributed by atoms with Gasteiger partial charge in [0.25, 0.3) is 0 Å². The minimum absolute atomic E-state index is 0.159. The number of hydrogen-bond donors (Lipinski definition) is 3. The second-order valence-electron chi connectivity index (χ2n) is 3.16. The maximum absolute atomic E-state index is 8.87. The van der Waals surface area contributed by atoms with E-state index >= 15 is 0 Å². The quantitative estimate of drug-likeness (QED) is 0.520. The van der Waals surface area contributed by atoms with Crippen LogP contribution in [0, 0.1) is 12.3 Å². The molecule has 0 spiro atoms. The normalized spacial score (nSPS) is 11.2. The molecule has 0 aliphatic rings. The summed E-state index contributed by atoms with van der Waals surface area (Å²) in [6, 6.07) is 5.40. The second-order valence-corrected chi connectivity index (χ2v) is 3.16. The molecule has 0 aliphatic heterocycles. The fourth-order valence-electron chi connectivity index (χ4n) is 1.24. The number of allylic oxidation sites excluding steroid dienone is 1. The van der Waals surface area contributed by atoms with Crippen LogP contribution in [0.4, 0.5) is 0 Å². The number of rotatable bonds is 3. The Hall–Kier alpha value is -1.97. The van der Waals surface area contributed by atoms with E-state index in [0.29, 0.717) is 11.3 Å². The van der Waals surface area contributed by atoms with Gasteiger partial charge in [0.15, 0.2) is 5.88 Å². The van der Waals surface area contributed by atoms with Crippen LogP contribution in [0.1, 0.15) is 11.1 Å². The summed E-state index contributed by atoms with van der Waals surface area (Å²) in [7, 11) is 1.56. The van der Waals surface area contributed by atoms with Gasteiger partial charge in [-0.25, -0.2) is 0 Å². The molecule has 0 aromatic heterocycles. The van der Waals surface area contributed by atoms with E-state index in [1.807, 2.05) is 19.1 Å². The highest BCUT2D eigenvalue weighted by Crippen LogP contribution is 2.17. The van der Waals surface area contributed by atoms with E-state index in [-0.39, 0.29) is 11.6 Å². The van der Waals surface area contributed by atoms with E-state index < -0.39 is 0 Å². The Morgan fingerprint density at radius 1 is 1.53 bits per heavy atom. The van der Waals surface area contributed by atoms with Gasteiger partial charge in [0.05, 0.1) is 12.8 Å². The van der Waals surface area contributed by atoms with Gasteiger partial charge in [-0.2, -0.15) is 0 Å². The van der Waals surface area contributed by atoms with Crippen LogP contribution in [0.2, 0.25) is 0 Å². The molecule has 4 heteroatoms. The summed E-state index contributed by atoms with van der Waals surface area (Å²) >= 11 is 0. The topological polar surface area (TPSA) is 79.3 Å². The Balaban J connectivity index is 3.12. The number of benzene rings is 1. The van der Waals surface area contributed by atoms with E-state index in [0.717, 1.165) is 5.56 Å². The third kappa shape index (κ3) is 2.74. The Kier molecular flexibility index (Phi) is 3.33. The van der Waals surface area contributed by atoms with E-state index in [1.165, 1.54) is 6.08 Å². The standard InChI is InChI=1S/C11H14N2O2/c1-7-3-4-8(15-2)5-9(7)10(12)6-11(13)14/h3-6,12,14H,13H2,1-2H3/b11-6+,12-10?. The van der Waals surface area contributed by atoms with Crippen LogP contribution in [0.3, 0.4) is 0 Å². The first-order chi connectivity index (χ1) is 7.04. The molecule has 0 saturated heterocycles. The molecule has 1 rings (SSSR count). The zero-order valence-electron chi connectivity index (χ0n) is 8.74. The SMILES string of the molecule is COc1ccc(C)c(C(=N)/C=C(\N)O)c1. The van der Waals surface area contributed by atoms with Crippen molar-refractivity contribution in [2.75, 3.05) is 7.11 Å². The molecule has 0 atom stereocenters. The van der Waals surface area contributed by atoms with Crippen LogP contribution >= 0.6 is 0 Å². The first-order valence-corrected chi connectivity index (χ1v) is 4.44. The summed E-state index contributed by atoms with van der Waals surface area (Å²) < 4.78 is 5.05. The predicted molar refractivity (Wildman–Crippen MR) is 59.5 cm³/mol. The van der Waals surface area contributed by atoms with Gasteiger partial charge in [-0.1, -0.05) is 6.07 Å². The van der Waals surface area contributed by atoms with Crippen molar-refractivity contribution in [1.82, 2.24) is 0 Å². The second kappa shape index (κ2) is 4.50. The summed E-state index contributed by atoms with van der Waals surface area (Å²) in [5.41, 5.74) is 6.87. The average molecular weight is 206 g/mol.